The molecule has 0 amide bonds. The highest BCUT2D eigenvalue weighted by molar-refractivity contribution is 4.33. The Bertz CT molecular complexity index is 40.5. The van der Waals surface area contributed by atoms with Crippen LogP contribution in [0.3, 0.4) is 0 Å². The van der Waals surface area contributed by atoms with Gasteiger partial charge in [-0.25, -0.2) is 0 Å². The van der Waals surface area contributed by atoms with Gasteiger partial charge in [-0.1, -0.05) is 26.7 Å². The normalized spacial score (nSPS) is 9.00. The first kappa shape index (κ1) is 12.6. The third-order valence-corrected chi connectivity index (χ3v) is 1.28. The first-order chi connectivity index (χ1) is 4.41. The lowest BCUT2D eigenvalue weighted by Crippen LogP contribution is -1.95. The Morgan fingerprint density at radius 1 is 0.900 bits per heavy atom. The number of hydrogen-bond donors (Lipinski definition) is 0. The van der Waals surface area contributed by atoms with Crippen molar-refractivity contribution in [1.82, 2.24) is 0 Å². The van der Waals surface area contributed by atoms with E-state index >= 15 is 0 Å². The predicted octanol–water partition coefficient (Wildman–Crippen LogP) is 1.78. The average molecular weight is 148 g/mol. The van der Waals surface area contributed by atoms with Crippen molar-refractivity contribution in [3.05, 3.63) is 0 Å². The van der Waals surface area contributed by atoms with Crippen molar-refractivity contribution >= 4 is 0 Å². The minimum Gasteiger partial charge on any atom is -0.412 e. The molecule has 0 aliphatic heterocycles. The van der Waals surface area contributed by atoms with Crippen molar-refractivity contribution in [2.75, 3.05) is 13.2 Å². The van der Waals surface area contributed by atoms with E-state index in [1.54, 1.807) is 0 Å². The third-order valence-electron chi connectivity index (χ3n) is 1.28. The number of hydrogen-bond acceptors (Lipinski definition) is 1. The van der Waals surface area contributed by atoms with Crippen molar-refractivity contribution in [3.63, 3.8) is 0 Å². The minimum absolute atomic E-state index is 0. The Labute approximate surface area is 63.9 Å². The molecule has 0 spiro atoms. The van der Waals surface area contributed by atoms with E-state index in [9.17, 15) is 0 Å². The van der Waals surface area contributed by atoms with E-state index in [1.807, 2.05) is 0 Å². The lowest BCUT2D eigenvalue weighted by molar-refractivity contribution is 0.128. The fraction of sp³-hybridized carbons (Fsp3) is 1.00. The molecule has 0 aromatic carbocycles. The zero-order valence-electron chi connectivity index (χ0n) is 7.15. The number of rotatable bonds is 6. The molecule has 0 fully saturated rings. The third kappa shape index (κ3) is 10.8. The molecule has 0 unspecified atom stereocenters. The van der Waals surface area contributed by atoms with Crippen LogP contribution in [0.2, 0.25) is 0 Å². The van der Waals surface area contributed by atoms with Gasteiger partial charge in [0.05, 0.1) is 0 Å². The molecule has 0 aromatic heterocycles. The molecule has 0 radical (unpaired) electrons. The maximum Gasteiger partial charge on any atom is 0.0465 e. The Balaban J connectivity index is 0. The van der Waals surface area contributed by atoms with Crippen LogP contribution in [0, 0.1) is 0 Å². The predicted molar refractivity (Wildman–Crippen MR) is 44.2 cm³/mol. The summed E-state index contributed by atoms with van der Waals surface area (Å²) in [4.78, 5) is 0. The largest absolute Gasteiger partial charge is 0.412 e. The van der Waals surface area contributed by atoms with Gasteiger partial charge >= 0.3 is 0 Å². The zero-order chi connectivity index (χ0) is 6.95. The molecule has 0 bridgehead atoms. The van der Waals surface area contributed by atoms with E-state index in [1.165, 1.54) is 25.7 Å². The fourth-order valence-electron chi connectivity index (χ4n) is 0.595. The molecule has 0 saturated carbocycles. The van der Waals surface area contributed by atoms with Gasteiger partial charge in [0.2, 0.25) is 0 Å². The molecule has 2 heteroatoms. The summed E-state index contributed by atoms with van der Waals surface area (Å²) in [5, 5.41) is 0. The van der Waals surface area contributed by atoms with Gasteiger partial charge in [-0.05, 0) is 12.8 Å². The van der Waals surface area contributed by atoms with Crippen LogP contribution in [0.25, 0.3) is 0 Å². The molecule has 64 valence electrons. The number of unbranched alkanes of at least 4 members (excludes halogenated alkanes) is 2. The summed E-state index contributed by atoms with van der Waals surface area (Å²) >= 11 is 0. The molecule has 0 rings (SSSR count). The van der Waals surface area contributed by atoms with Gasteiger partial charge in [-0.15, -0.1) is 0 Å². The maximum absolute atomic E-state index is 5.31. The summed E-state index contributed by atoms with van der Waals surface area (Å²) in [5.41, 5.74) is 0. The fourth-order valence-corrected chi connectivity index (χ4v) is 0.595. The highest BCUT2D eigenvalue weighted by Gasteiger charge is 1.84. The van der Waals surface area contributed by atoms with Gasteiger partial charge in [-0.3, -0.25) is 0 Å². The van der Waals surface area contributed by atoms with Crippen LogP contribution in [-0.4, -0.2) is 18.7 Å². The summed E-state index contributed by atoms with van der Waals surface area (Å²) in [6.07, 6.45) is 4.91. The van der Waals surface area contributed by atoms with E-state index in [4.69, 9.17) is 4.74 Å². The summed E-state index contributed by atoms with van der Waals surface area (Å²) in [6, 6.07) is 0. The van der Waals surface area contributed by atoms with Gasteiger partial charge in [0.25, 0.3) is 0 Å². The lowest BCUT2D eigenvalue weighted by atomic mass is 10.3. The monoisotopic (exact) mass is 148 g/mol. The molecule has 0 aliphatic carbocycles. The quantitative estimate of drug-likeness (QED) is 0.529. The second-order valence-electron chi connectivity index (χ2n) is 2.32. The van der Waals surface area contributed by atoms with Crippen LogP contribution in [0.1, 0.15) is 39.5 Å². The van der Waals surface area contributed by atoms with Gasteiger partial charge < -0.3 is 10.2 Å². The Morgan fingerprint density at radius 2 is 1.30 bits per heavy atom. The van der Waals surface area contributed by atoms with Crippen LogP contribution >= 0.6 is 0 Å². The van der Waals surface area contributed by atoms with Crippen molar-refractivity contribution in [2.24, 2.45) is 0 Å². The van der Waals surface area contributed by atoms with E-state index in [0.717, 1.165) is 13.2 Å². The molecule has 0 aliphatic rings. The number of ether oxygens (including phenoxy) is 1. The molecular weight excluding hydrogens is 128 g/mol. The van der Waals surface area contributed by atoms with Crippen LogP contribution in [0.5, 0.6) is 0 Å². The van der Waals surface area contributed by atoms with E-state index in [2.05, 4.69) is 13.8 Å². The van der Waals surface area contributed by atoms with Gasteiger partial charge in [0.15, 0.2) is 0 Å². The van der Waals surface area contributed by atoms with Crippen molar-refractivity contribution in [1.29, 1.82) is 0 Å². The van der Waals surface area contributed by atoms with E-state index < -0.39 is 0 Å². The average Bonchev–Trinajstić information content (AvgIpc) is 1.89. The minimum atomic E-state index is 0. The first-order valence-corrected chi connectivity index (χ1v) is 3.99. The molecule has 0 atom stereocenters. The zero-order valence-corrected chi connectivity index (χ0v) is 7.15. The lowest BCUT2D eigenvalue weighted by Gasteiger charge is -1.99. The highest BCUT2D eigenvalue weighted by Crippen LogP contribution is 1.91. The topological polar surface area (TPSA) is 40.7 Å². The van der Waals surface area contributed by atoms with Crippen LogP contribution in [0.15, 0.2) is 0 Å². The van der Waals surface area contributed by atoms with Crippen LogP contribution in [0.4, 0.5) is 0 Å². The van der Waals surface area contributed by atoms with E-state index in [-0.39, 0.29) is 5.48 Å². The highest BCUT2D eigenvalue weighted by atomic mass is 16.5. The first-order valence-electron chi connectivity index (χ1n) is 3.99. The standard InChI is InChI=1S/C8H18O.H2O/c1-3-5-7-9-8-6-4-2;/h3-8H2,1-2H3;1H2. The summed E-state index contributed by atoms with van der Waals surface area (Å²) in [5.74, 6) is 0. The summed E-state index contributed by atoms with van der Waals surface area (Å²) in [6.45, 7) is 6.28. The molecule has 0 heterocycles. The molecule has 2 N–H and O–H groups in total. The van der Waals surface area contributed by atoms with E-state index in [0.29, 0.717) is 0 Å². The molecule has 2 nitrogen and oxygen atoms in total. The molecule has 0 aromatic rings. The Morgan fingerprint density at radius 3 is 1.60 bits per heavy atom. The molecular formula is C8H20O2. The van der Waals surface area contributed by atoms with Crippen molar-refractivity contribution < 1.29 is 10.2 Å². The SMILES string of the molecule is CCCCOCCCC.O. The maximum atomic E-state index is 5.31. The summed E-state index contributed by atoms with van der Waals surface area (Å²) < 4.78 is 5.31. The second kappa shape index (κ2) is 11.7. The summed E-state index contributed by atoms with van der Waals surface area (Å²) in [7, 11) is 0. The van der Waals surface area contributed by atoms with Gasteiger partial charge in [0.1, 0.15) is 0 Å². The Kier molecular flexibility index (Phi) is 14.7. The van der Waals surface area contributed by atoms with Crippen LogP contribution < -0.4 is 0 Å². The molecule has 0 saturated heterocycles. The molecule has 10 heavy (non-hydrogen) atoms. The smallest absolute Gasteiger partial charge is 0.0465 e. The van der Waals surface area contributed by atoms with Crippen LogP contribution in [-0.2, 0) is 4.74 Å². The second-order valence-corrected chi connectivity index (χ2v) is 2.32. The van der Waals surface area contributed by atoms with Crippen molar-refractivity contribution in [2.45, 2.75) is 39.5 Å². The van der Waals surface area contributed by atoms with Gasteiger partial charge in [0, 0.05) is 13.2 Å². The Hall–Kier alpha value is -0.0800. The van der Waals surface area contributed by atoms with Crippen molar-refractivity contribution in [3.8, 4) is 0 Å². The van der Waals surface area contributed by atoms with Gasteiger partial charge in [-0.2, -0.15) is 0 Å².